The lowest BCUT2D eigenvalue weighted by molar-refractivity contribution is 0.499. The van der Waals surface area contributed by atoms with E-state index in [1.54, 1.807) is 17.4 Å². The third kappa shape index (κ3) is 4.13. The van der Waals surface area contributed by atoms with Crippen LogP contribution in [-0.2, 0) is 6.42 Å². The van der Waals surface area contributed by atoms with Gasteiger partial charge in [-0.1, -0.05) is 28.9 Å². The SMILES string of the molecule is CCCNC(Cc1cccs1)c1cc(Br)ccc1F. The van der Waals surface area contributed by atoms with Gasteiger partial charge in [0.25, 0.3) is 0 Å². The topological polar surface area (TPSA) is 12.0 Å². The second-order valence-electron chi connectivity index (χ2n) is 4.46. The summed E-state index contributed by atoms with van der Waals surface area (Å²) >= 11 is 5.13. The van der Waals surface area contributed by atoms with Gasteiger partial charge in [0.15, 0.2) is 0 Å². The molecule has 0 fully saturated rings. The van der Waals surface area contributed by atoms with E-state index in [4.69, 9.17) is 0 Å². The molecular formula is C15H17BrFNS. The number of nitrogens with one attached hydrogen (secondary N) is 1. The van der Waals surface area contributed by atoms with Gasteiger partial charge in [-0.25, -0.2) is 4.39 Å². The van der Waals surface area contributed by atoms with Crippen molar-refractivity contribution >= 4 is 27.3 Å². The summed E-state index contributed by atoms with van der Waals surface area (Å²) in [4.78, 5) is 1.27. The smallest absolute Gasteiger partial charge is 0.128 e. The Morgan fingerprint density at radius 3 is 2.89 bits per heavy atom. The molecule has 2 rings (SSSR count). The van der Waals surface area contributed by atoms with E-state index in [0.717, 1.165) is 29.4 Å². The molecule has 1 unspecified atom stereocenters. The molecule has 19 heavy (non-hydrogen) atoms. The van der Waals surface area contributed by atoms with Gasteiger partial charge in [-0.05, 0) is 42.6 Å². The van der Waals surface area contributed by atoms with Crippen molar-refractivity contribution in [1.82, 2.24) is 5.32 Å². The third-order valence-corrected chi connectivity index (χ3v) is 4.35. The summed E-state index contributed by atoms with van der Waals surface area (Å²) in [7, 11) is 0. The van der Waals surface area contributed by atoms with E-state index in [0.29, 0.717) is 0 Å². The molecule has 0 radical (unpaired) electrons. The Labute approximate surface area is 126 Å². The number of rotatable bonds is 6. The third-order valence-electron chi connectivity index (χ3n) is 2.96. The van der Waals surface area contributed by atoms with Gasteiger partial charge in [-0.3, -0.25) is 0 Å². The summed E-state index contributed by atoms with van der Waals surface area (Å²) < 4.78 is 14.9. The molecule has 1 heterocycles. The first-order valence-corrected chi connectivity index (χ1v) is 8.08. The van der Waals surface area contributed by atoms with Crippen LogP contribution in [0.15, 0.2) is 40.2 Å². The Hall–Kier alpha value is -0.710. The van der Waals surface area contributed by atoms with Crippen LogP contribution < -0.4 is 5.32 Å². The summed E-state index contributed by atoms with van der Waals surface area (Å²) in [5.41, 5.74) is 0.733. The van der Waals surface area contributed by atoms with Gasteiger partial charge in [0.1, 0.15) is 5.82 Å². The van der Waals surface area contributed by atoms with Gasteiger partial charge in [-0.2, -0.15) is 0 Å². The molecule has 1 aromatic carbocycles. The molecule has 0 amide bonds. The van der Waals surface area contributed by atoms with Crippen LogP contribution in [0.4, 0.5) is 4.39 Å². The molecule has 0 spiro atoms. The van der Waals surface area contributed by atoms with Gasteiger partial charge >= 0.3 is 0 Å². The van der Waals surface area contributed by atoms with Crippen molar-refractivity contribution in [2.45, 2.75) is 25.8 Å². The minimum absolute atomic E-state index is 0.0242. The van der Waals surface area contributed by atoms with Crippen LogP contribution in [0.1, 0.15) is 29.8 Å². The maximum absolute atomic E-state index is 14.0. The fourth-order valence-electron chi connectivity index (χ4n) is 2.02. The molecule has 0 aliphatic carbocycles. The summed E-state index contributed by atoms with van der Waals surface area (Å²) in [6.07, 6.45) is 1.86. The standard InChI is InChI=1S/C15H17BrFNS/c1-2-7-18-15(10-12-4-3-8-19-12)13-9-11(16)5-6-14(13)17/h3-6,8-9,15,18H,2,7,10H2,1H3. The van der Waals surface area contributed by atoms with Crippen molar-refractivity contribution in [3.8, 4) is 0 Å². The molecule has 2 aromatic rings. The van der Waals surface area contributed by atoms with Gasteiger partial charge in [0.2, 0.25) is 0 Å². The fraction of sp³-hybridized carbons (Fsp3) is 0.333. The van der Waals surface area contributed by atoms with Gasteiger partial charge in [0, 0.05) is 27.4 Å². The summed E-state index contributed by atoms with van der Waals surface area (Å²) in [6, 6.07) is 9.29. The lowest BCUT2D eigenvalue weighted by Gasteiger charge is -2.19. The molecule has 1 aromatic heterocycles. The number of halogens is 2. The zero-order valence-corrected chi connectivity index (χ0v) is 13.2. The van der Waals surface area contributed by atoms with E-state index < -0.39 is 0 Å². The molecule has 0 aliphatic rings. The summed E-state index contributed by atoms with van der Waals surface area (Å²) in [5.74, 6) is -0.145. The Bertz CT molecular complexity index is 513. The van der Waals surface area contributed by atoms with E-state index in [-0.39, 0.29) is 11.9 Å². The fourth-order valence-corrected chi connectivity index (χ4v) is 3.15. The van der Waals surface area contributed by atoms with Crippen molar-refractivity contribution in [2.24, 2.45) is 0 Å². The van der Waals surface area contributed by atoms with E-state index >= 15 is 0 Å². The van der Waals surface area contributed by atoms with Crippen molar-refractivity contribution in [1.29, 1.82) is 0 Å². The quantitative estimate of drug-likeness (QED) is 0.785. The molecule has 1 atom stereocenters. The van der Waals surface area contributed by atoms with Crippen molar-refractivity contribution < 1.29 is 4.39 Å². The minimum atomic E-state index is -0.145. The van der Waals surface area contributed by atoms with Crippen LogP contribution in [0.25, 0.3) is 0 Å². The zero-order valence-electron chi connectivity index (χ0n) is 10.8. The highest BCUT2D eigenvalue weighted by molar-refractivity contribution is 9.10. The normalized spacial score (nSPS) is 12.6. The minimum Gasteiger partial charge on any atom is -0.310 e. The van der Waals surface area contributed by atoms with E-state index in [9.17, 15) is 4.39 Å². The average Bonchev–Trinajstić information content (AvgIpc) is 2.90. The predicted molar refractivity (Wildman–Crippen MR) is 83.2 cm³/mol. The first-order valence-electron chi connectivity index (χ1n) is 6.41. The van der Waals surface area contributed by atoms with E-state index in [1.807, 2.05) is 12.1 Å². The molecule has 1 nitrogen and oxygen atoms in total. The van der Waals surface area contributed by atoms with Crippen LogP contribution in [-0.4, -0.2) is 6.54 Å². The highest BCUT2D eigenvalue weighted by atomic mass is 79.9. The van der Waals surface area contributed by atoms with Gasteiger partial charge in [-0.15, -0.1) is 11.3 Å². The van der Waals surface area contributed by atoms with Gasteiger partial charge < -0.3 is 5.32 Å². The number of hydrogen-bond donors (Lipinski definition) is 1. The summed E-state index contributed by atoms with van der Waals surface area (Å²) in [5, 5.41) is 5.50. The molecule has 1 N–H and O–H groups in total. The molecular weight excluding hydrogens is 325 g/mol. The van der Waals surface area contributed by atoms with Crippen molar-refractivity contribution in [3.63, 3.8) is 0 Å². The number of thiophene rings is 1. The Balaban J connectivity index is 2.23. The highest BCUT2D eigenvalue weighted by Gasteiger charge is 2.16. The molecule has 0 saturated carbocycles. The predicted octanol–water partition coefficient (Wildman–Crippen LogP) is 4.93. The van der Waals surface area contributed by atoms with E-state index in [2.05, 4.69) is 39.6 Å². The maximum Gasteiger partial charge on any atom is 0.128 e. The molecule has 0 saturated heterocycles. The van der Waals surface area contributed by atoms with Crippen LogP contribution >= 0.6 is 27.3 Å². The second kappa shape index (κ2) is 7.17. The van der Waals surface area contributed by atoms with Crippen LogP contribution in [0.3, 0.4) is 0 Å². The Morgan fingerprint density at radius 1 is 1.37 bits per heavy atom. The zero-order chi connectivity index (χ0) is 13.7. The van der Waals surface area contributed by atoms with Crippen molar-refractivity contribution in [2.75, 3.05) is 6.54 Å². The first-order chi connectivity index (χ1) is 9.20. The van der Waals surface area contributed by atoms with Crippen LogP contribution in [0.2, 0.25) is 0 Å². The van der Waals surface area contributed by atoms with Gasteiger partial charge in [0.05, 0.1) is 0 Å². The lowest BCUT2D eigenvalue weighted by Crippen LogP contribution is -2.24. The van der Waals surface area contributed by atoms with Crippen LogP contribution in [0.5, 0.6) is 0 Å². The molecule has 0 bridgehead atoms. The van der Waals surface area contributed by atoms with E-state index in [1.165, 1.54) is 10.9 Å². The second-order valence-corrected chi connectivity index (χ2v) is 6.40. The largest absolute Gasteiger partial charge is 0.310 e. The molecule has 102 valence electrons. The Morgan fingerprint density at radius 2 is 2.21 bits per heavy atom. The summed E-state index contributed by atoms with van der Waals surface area (Å²) in [6.45, 7) is 3.01. The first kappa shape index (κ1) is 14.7. The molecule has 4 heteroatoms. The highest BCUT2D eigenvalue weighted by Crippen LogP contribution is 2.26. The monoisotopic (exact) mass is 341 g/mol. The van der Waals surface area contributed by atoms with Crippen LogP contribution in [0, 0.1) is 5.82 Å². The maximum atomic E-state index is 14.0. The Kier molecular flexibility index (Phi) is 5.55. The van der Waals surface area contributed by atoms with Crippen molar-refractivity contribution in [3.05, 3.63) is 56.4 Å². The molecule has 0 aliphatic heterocycles. The number of benzene rings is 1. The average molecular weight is 342 g/mol. The lowest BCUT2D eigenvalue weighted by atomic mass is 10.0. The number of hydrogen-bond acceptors (Lipinski definition) is 2.